The van der Waals surface area contributed by atoms with Gasteiger partial charge in [-0.1, -0.05) is 12.1 Å². The highest BCUT2D eigenvalue weighted by Crippen LogP contribution is 2.37. The van der Waals surface area contributed by atoms with E-state index < -0.39 is 29.2 Å². The Morgan fingerprint density at radius 3 is 2.41 bits per heavy atom. The second kappa shape index (κ2) is 4.35. The molecular weight excluding hydrogens is 232 g/mol. The van der Waals surface area contributed by atoms with E-state index in [4.69, 9.17) is 0 Å². The molecule has 0 unspecified atom stereocenters. The third kappa shape index (κ3) is 2.25. The average Bonchev–Trinajstić information content (AvgIpc) is 2.25. The van der Waals surface area contributed by atoms with Crippen LogP contribution in [0.1, 0.15) is 23.5 Å². The Morgan fingerprint density at radius 1 is 1.12 bits per heavy atom. The van der Waals surface area contributed by atoms with Gasteiger partial charge in [-0.2, -0.15) is 0 Å². The van der Waals surface area contributed by atoms with E-state index >= 15 is 0 Å². The van der Waals surface area contributed by atoms with Crippen LogP contribution in [0.3, 0.4) is 0 Å². The fourth-order valence-corrected chi connectivity index (χ4v) is 1.85. The lowest BCUT2D eigenvalue weighted by molar-refractivity contribution is 0.445. The fourth-order valence-electron chi connectivity index (χ4n) is 1.85. The molecule has 0 nitrogen and oxygen atoms in total. The summed E-state index contributed by atoms with van der Waals surface area (Å²) in [5, 5.41) is 0. The first-order valence-corrected chi connectivity index (χ1v) is 5.17. The molecule has 0 spiro atoms. The molecule has 0 saturated carbocycles. The van der Waals surface area contributed by atoms with Gasteiger partial charge in [0, 0.05) is 12.3 Å². The highest BCUT2D eigenvalue weighted by atomic mass is 19.2. The number of halogens is 4. The van der Waals surface area contributed by atoms with Crippen molar-refractivity contribution < 1.29 is 17.6 Å². The summed E-state index contributed by atoms with van der Waals surface area (Å²) in [5.41, 5.74) is 0.891. The quantitative estimate of drug-likeness (QED) is 0.630. The van der Waals surface area contributed by atoms with Crippen LogP contribution in [0, 0.1) is 12.7 Å². The average molecular weight is 242 g/mol. The van der Waals surface area contributed by atoms with E-state index in [-0.39, 0.29) is 12.0 Å². The fraction of sp³-hybridized carbons (Fsp3) is 0.231. The molecule has 0 amide bonds. The smallest absolute Gasteiger partial charge is 0.189 e. The standard InChI is InChI=1S/C13H10F4/c1-7-2-3-9(10(14)4-7)8-5-11(15)13(17)12(16)6-8/h2-5,8H,6H2,1H3/t8-/m0/s1. The lowest BCUT2D eigenvalue weighted by atomic mass is 9.90. The van der Waals surface area contributed by atoms with Crippen molar-refractivity contribution >= 4 is 0 Å². The Morgan fingerprint density at radius 2 is 1.82 bits per heavy atom. The van der Waals surface area contributed by atoms with Crippen LogP contribution in [0.5, 0.6) is 0 Å². The summed E-state index contributed by atoms with van der Waals surface area (Å²) in [6.07, 6.45) is 0.561. The van der Waals surface area contributed by atoms with Gasteiger partial charge < -0.3 is 0 Å². The minimum absolute atomic E-state index is 0.174. The molecule has 1 aliphatic carbocycles. The molecule has 0 saturated heterocycles. The molecule has 0 bridgehead atoms. The van der Waals surface area contributed by atoms with Gasteiger partial charge >= 0.3 is 0 Å². The van der Waals surface area contributed by atoms with Crippen molar-refractivity contribution in [2.24, 2.45) is 0 Å². The zero-order valence-corrected chi connectivity index (χ0v) is 9.11. The largest absolute Gasteiger partial charge is 0.208 e. The Labute approximate surface area is 96.3 Å². The van der Waals surface area contributed by atoms with Crippen LogP contribution in [-0.4, -0.2) is 0 Å². The van der Waals surface area contributed by atoms with E-state index in [1.165, 1.54) is 12.1 Å². The number of hydrogen-bond acceptors (Lipinski definition) is 0. The molecule has 0 aromatic heterocycles. The number of hydrogen-bond donors (Lipinski definition) is 0. The predicted octanol–water partition coefficient (Wildman–Crippen LogP) is 4.63. The molecule has 17 heavy (non-hydrogen) atoms. The molecule has 2 rings (SSSR count). The van der Waals surface area contributed by atoms with Gasteiger partial charge in [-0.25, -0.2) is 17.6 Å². The predicted molar refractivity (Wildman–Crippen MR) is 56.9 cm³/mol. The summed E-state index contributed by atoms with van der Waals surface area (Å²) in [5.74, 6) is -5.24. The third-order valence-corrected chi connectivity index (χ3v) is 2.75. The Hall–Kier alpha value is -1.58. The van der Waals surface area contributed by atoms with Gasteiger partial charge in [-0.15, -0.1) is 0 Å². The topological polar surface area (TPSA) is 0 Å². The Balaban J connectivity index is 2.38. The Bertz CT molecular complexity index is 514. The normalized spacial score (nSPS) is 20.5. The molecular formula is C13H10F4. The summed E-state index contributed by atoms with van der Waals surface area (Å²) < 4.78 is 52.5. The molecule has 1 aromatic carbocycles. The summed E-state index contributed by atoms with van der Waals surface area (Å²) >= 11 is 0. The highest BCUT2D eigenvalue weighted by Gasteiger charge is 2.25. The molecule has 0 N–H and O–H groups in total. The summed E-state index contributed by atoms with van der Waals surface area (Å²) in [7, 11) is 0. The summed E-state index contributed by atoms with van der Waals surface area (Å²) in [6.45, 7) is 1.71. The van der Waals surface area contributed by atoms with Crippen molar-refractivity contribution in [2.45, 2.75) is 19.3 Å². The first-order valence-electron chi connectivity index (χ1n) is 5.17. The van der Waals surface area contributed by atoms with E-state index in [0.29, 0.717) is 5.56 Å². The minimum Gasteiger partial charge on any atom is -0.208 e. The van der Waals surface area contributed by atoms with Crippen molar-refractivity contribution in [1.82, 2.24) is 0 Å². The van der Waals surface area contributed by atoms with Gasteiger partial charge in [-0.05, 0) is 30.2 Å². The van der Waals surface area contributed by atoms with Crippen molar-refractivity contribution in [3.05, 3.63) is 58.7 Å². The molecule has 1 aliphatic rings. The summed E-state index contributed by atoms with van der Waals surface area (Å²) in [6, 6.07) is 4.40. The van der Waals surface area contributed by atoms with Gasteiger partial charge in [0.1, 0.15) is 11.6 Å². The van der Waals surface area contributed by atoms with Crippen LogP contribution in [0.15, 0.2) is 41.8 Å². The van der Waals surface area contributed by atoms with Crippen LogP contribution < -0.4 is 0 Å². The van der Waals surface area contributed by atoms with Crippen molar-refractivity contribution in [2.75, 3.05) is 0 Å². The van der Waals surface area contributed by atoms with Crippen molar-refractivity contribution in [3.8, 4) is 0 Å². The molecule has 1 aromatic rings. The first kappa shape index (κ1) is 11.9. The van der Waals surface area contributed by atoms with Crippen LogP contribution in [-0.2, 0) is 0 Å². The van der Waals surface area contributed by atoms with Crippen LogP contribution in [0.4, 0.5) is 17.6 Å². The van der Waals surface area contributed by atoms with Gasteiger partial charge in [0.25, 0.3) is 0 Å². The zero-order chi connectivity index (χ0) is 12.6. The van der Waals surface area contributed by atoms with Gasteiger partial charge in [0.2, 0.25) is 0 Å². The van der Waals surface area contributed by atoms with Crippen LogP contribution >= 0.6 is 0 Å². The molecule has 0 radical (unpaired) electrons. The number of rotatable bonds is 1. The zero-order valence-electron chi connectivity index (χ0n) is 9.11. The molecule has 0 aliphatic heterocycles. The number of aryl methyl sites for hydroxylation is 1. The molecule has 0 heterocycles. The van der Waals surface area contributed by atoms with Gasteiger partial charge in [0.15, 0.2) is 11.7 Å². The molecule has 90 valence electrons. The van der Waals surface area contributed by atoms with Gasteiger partial charge in [0.05, 0.1) is 0 Å². The maximum Gasteiger partial charge on any atom is 0.189 e. The maximum atomic E-state index is 13.6. The summed E-state index contributed by atoms with van der Waals surface area (Å²) in [4.78, 5) is 0. The van der Waals surface area contributed by atoms with E-state index in [2.05, 4.69) is 0 Å². The number of allylic oxidation sites excluding steroid dienone is 4. The third-order valence-electron chi connectivity index (χ3n) is 2.75. The van der Waals surface area contributed by atoms with Crippen molar-refractivity contribution in [1.29, 1.82) is 0 Å². The molecule has 4 heteroatoms. The maximum absolute atomic E-state index is 13.6. The van der Waals surface area contributed by atoms with Crippen LogP contribution in [0.25, 0.3) is 0 Å². The van der Waals surface area contributed by atoms with Crippen molar-refractivity contribution in [3.63, 3.8) is 0 Å². The second-order valence-corrected chi connectivity index (χ2v) is 4.07. The minimum atomic E-state index is -1.48. The van der Waals surface area contributed by atoms with E-state index in [1.807, 2.05) is 0 Å². The molecule has 0 fully saturated rings. The van der Waals surface area contributed by atoms with E-state index in [1.54, 1.807) is 13.0 Å². The SMILES string of the molecule is Cc1ccc([C@H]2C=C(F)C(F)=C(F)C2)c(F)c1. The molecule has 1 atom stereocenters. The van der Waals surface area contributed by atoms with Crippen LogP contribution in [0.2, 0.25) is 0 Å². The monoisotopic (exact) mass is 242 g/mol. The number of benzene rings is 1. The second-order valence-electron chi connectivity index (χ2n) is 4.07. The lowest BCUT2D eigenvalue weighted by Gasteiger charge is -2.17. The lowest BCUT2D eigenvalue weighted by Crippen LogP contribution is -2.05. The van der Waals surface area contributed by atoms with E-state index in [9.17, 15) is 17.6 Å². The van der Waals surface area contributed by atoms with Gasteiger partial charge in [-0.3, -0.25) is 0 Å². The Kier molecular flexibility index (Phi) is 3.05. The first-order chi connectivity index (χ1) is 7.99. The highest BCUT2D eigenvalue weighted by molar-refractivity contribution is 5.37. The van der Waals surface area contributed by atoms with E-state index in [0.717, 1.165) is 6.08 Å².